The van der Waals surface area contributed by atoms with Crippen molar-refractivity contribution in [3.63, 3.8) is 0 Å². The van der Waals surface area contributed by atoms with Crippen LogP contribution in [-0.2, 0) is 4.79 Å². The Labute approximate surface area is 126 Å². The topological polar surface area (TPSA) is 37.3 Å². The van der Waals surface area contributed by atoms with Gasteiger partial charge >= 0.3 is 5.97 Å². The molecule has 0 aromatic rings. The third kappa shape index (κ3) is 12.5. The van der Waals surface area contributed by atoms with E-state index < -0.39 is 5.97 Å². The molecule has 0 spiro atoms. The van der Waals surface area contributed by atoms with Crippen LogP contribution in [0.4, 0.5) is 0 Å². The Hall–Kier alpha value is -0.530. The molecule has 2 heteroatoms. The van der Waals surface area contributed by atoms with E-state index in [1.165, 1.54) is 57.8 Å². The van der Waals surface area contributed by atoms with E-state index in [-0.39, 0.29) is 5.92 Å². The van der Waals surface area contributed by atoms with Gasteiger partial charge in [-0.1, -0.05) is 85.0 Å². The number of carboxylic acids is 1. The van der Waals surface area contributed by atoms with Crippen LogP contribution >= 0.6 is 0 Å². The van der Waals surface area contributed by atoms with E-state index in [1.807, 2.05) is 0 Å². The molecule has 2 nitrogen and oxygen atoms in total. The smallest absolute Gasteiger partial charge is 0.306 e. The van der Waals surface area contributed by atoms with Crippen molar-refractivity contribution in [3.8, 4) is 0 Å². The monoisotopic (exact) mass is 284 g/mol. The number of unbranched alkanes of at least 4 members (excludes halogenated alkanes) is 9. The van der Waals surface area contributed by atoms with E-state index in [4.69, 9.17) is 5.11 Å². The predicted molar refractivity (Wildman–Crippen MR) is 87.0 cm³/mol. The van der Waals surface area contributed by atoms with Crippen molar-refractivity contribution in [2.24, 2.45) is 11.8 Å². The second-order valence-electron chi connectivity index (χ2n) is 6.64. The Kier molecular flexibility index (Phi) is 13.1. The van der Waals surface area contributed by atoms with Gasteiger partial charge in [0, 0.05) is 0 Å². The molecule has 20 heavy (non-hydrogen) atoms. The zero-order valence-corrected chi connectivity index (χ0v) is 14.0. The molecular weight excluding hydrogens is 248 g/mol. The third-order valence-corrected chi connectivity index (χ3v) is 4.01. The summed E-state index contributed by atoms with van der Waals surface area (Å²) in [7, 11) is 0. The molecule has 0 aliphatic heterocycles. The predicted octanol–water partition coefficient (Wildman–Crippen LogP) is 6.04. The highest BCUT2D eigenvalue weighted by Crippen LogP contribution is 2.20. The average molecular weight is 284 g/mol. The molecular formula is C18H36O2. The van der Waals surface area contributed by atoms with E-state index in [1.54, 1.807) is 0 Å². The van der Waals surface area contributed by atoms with Crippen molar-refractivity contribution in [1.82, 2.24) is 0 Å². The molecule has 1 unspecified atom stereocenters. The Bertz CT molecular complexity index is 223. The van der Waals surface area contributed by atoms with Crippen molar-refractivity contribution in [1.29, 1.82) is 0 Å². The number of hydrogen-bond acceptors (Lipinski definition) is 1. The number of carboxylic acid groups (broad SMARTS) is 1. The first-order valence-electron chi connectivity index (χ1n) is 8.80. The summed E-state index contributed by atoms with van der Waals surface area (Å²) >= 11 is 0. The molecule has 0 bridgehead atoms. The fourth-order valence-electron chi connectivity index (χ4n) is 2.79. The number of aliphatic carboxylic acids is 1. The number of rotatable bonds is 14. The highest BCUT2D eigenvalue weighted by Gasteiger charge is 2.17. The molecule has 1 atom stereocenters. The van der Waals surface area contributed by atoms with E-state index in [2.05, 4.69) is 20.8 Å². The lowest BCUT2D eigenvalue weighted by molar-refractivity contribution is -0.142. The van der Waals surface area contributed by atoms with Crippen molar-refractivity contribution in [2.45, 2.75) is 97.8 Å². The minimum Gasteiger partial charge on any atom is -0.481 e. The average Bonchev–Trinajstić information content (AvgIpc) is 2.39. The van der Waals surface area contributed by atoms with Crippen LogP contribution < -0.4 is 0 Å². The van der Waals surface area contributed by atoms with Gasteiger partial charge in [-0.2, -0.15) is 0 Å². The fraction of sp³-hybridized carbons (Fsp3) is 0.944. The highest BCUT2D eigenvalue weighted by molar-refractivity contribution is 5.69. The van der Waals surface area contributed by atoms with E-state index in [0.29, 0.717) is 5.92 Å². The van der Waals surface area contributed by atoms with Gasteiger partial charge in [-0.25, -0.2) is 0 Å². The maximum atomic E-state index is 11.1. The van der Waals surface area contributed by atoms with Crippen molar-refractivity contribution >= 4 is 5.97 Å². The quantitative estimate of drug-likeness (QED) is 0.394. The Morgan fingerprint density at radius 3 is 1.70 bits per heavy atom. The van der Waals surface area contributed by atoms with E-state index in [0.717, 1.165) is 19.3 Å². The molecule has 0 amide bonds. The Balaban J connectivity index is 3.39. The summed E-state index contributed by atoms with van der Waals surface area (Å²) in [6.45, 7) is 6.46. The summed E-state index contributed by atoms with van der Waals surface area (Å²) in [5.41, 5.74) is 0. The van der Waals surface area contributed by atoms with Crippen LogP contribution in [0.15, 0.2) is 0 Å². The van der Waals surface area contributed by atoms with Crippen LogP contribution in [0.25, 0.3) is 0 Å². The first kappa shape index (κ1) is 19.5. The second kappa shape index (κ2) is 13.5. The number of carbonyl (C=O) groups is 1. The van der Waals surface area contributed by atoms with Crippen LogP contribution in [0, 0.1) is 11.8 Å². The molecule has 0 heterocycles. The number of hydrogen-bond donors (Lipinski definition) is 1. The molecule has 1 N–H and O–H groups in total. The first-order valence-corrected chi connectivity index (χ1v) is 8.80. The van der Waals surface area contributed by atoms with Gasteiger partial charge in [-0.3, -0.25) is 4.79 Å². The minimum absolute atomic E-state index is 0.121. The Morgan fingerprint density at radius 1 is 0.850 bits per heavy atom. The van der Waals surface area contributed by atoms with Crippen LogP contribution in [0.3, 0.4) is 0 Å². The molecule has 0 aliphatic rings. The van der Waals surface area contributed by atoms with E-state index >= 15 is 0 Å². The van der Waals surface area contributed by atoms with Crippen molar-refractivity contribution in [3.05, 3.63) is 0 Å². The standard InChI is InChI=1S/C18H36O2/c1-4-5-6-7-8-9-10-11-12-13-14-17(18(19)20)15-16(2)3/h16-17H,4-15H2,1-3H3,(H,19,20). The highest BCUT2D eigenvalue weighted by atomic mass is 16.4. The van der Waals surface area contributed by atoms with Crippen molar-refractivity contribution in [2.75, 3.05) is 0 Å². The van der Waals surface area contributed by atoms with E-state index in [9.17, 15) is 4.79 Å². The third-order valence-electron chi connectivity index (χ3n) is 4.01. The van der Waals surface area contributed by atoms with Crippen molar-refractivity contribution < 1.29 is 9.90 Å². The van der Waals surface area contributed by atoms with Crippen LogP contribution in [0.5, 0.6) is 0 Å². The molecule has 0 radical (unpaired) electrons. The molecule has 0 rings (SSSR count). The molecule has 0 aromatic heterocycles. The lowest BCUT2D eigenvalue weighted by Crippen LogP contribution is -2.15. The minimum atomic E-state index is -0.602. The molecule has 120 valence electrons. The summed E-state index contributed by atoms with van der Waals surface area (Å²) in [6, 6.07) is 0. The zero-order valence-electron chi connectivity index (χ0n) is 14.0. The second-order valence-corrected chi connectivity index (χ2v) is 6.64. The van der Waals surface area contributed by atoms with Gasteiger partial charge < -0.3 is 5.11 Å². The molecule has 0 saturated carbocycles. The first-order chi connectivity index (χ1) is 9.57. The van der Waals surface area contributed by atoms with Crippen LogP contribution in [-0.4, -0.2) is 11.1 Å². The maximum absolute atomic E-state index is 11.1. The van der Waals surface area contributed by atoms with Crippen LogP contribution in [0.1, 0.15) is 97.8 Å². The molecule has 0 aliphatic carbocycles. The summed E-state index contributed by atoms with van der Waals surface area (Å²) in [4.78, 5) is 11.1. The summed E-state index contributed by atoms with van der Waals surface area (Å²) in [6.07, 6.45) is 14.8. The van der Waals surface area contributed by atoms with Gasteiger partial charge in [0.15, 0.2) is 0 Å². The SMILES string of the molecule is CCCCCCCCCCCCC(CC(C)C)C(=O)O. The summed E-state index contributed by atoms with van der Waals surface area (Å²) in [5.74, 6) is -0.238. The van der Waals surface area contributed by atoms with Gasteiger partial charge in [0.2, 0.25) is 0 Å². The molecule has 0 saturated heterocycles. The largest absolute Gasteiger partial charge is 0.481 e. The summed E-state index contributed by atoms with van der Waals surface area (Å²) in [5, 5.41) is 9.17. The van der Waals surface area contributed by atoms with Gasteiger partial charge in [0.25, 0.3) is 0 Å². The van der Waals surface area contributed by atoms with Crippen LogP contribution in [0.2, 0.25) is 0 Å². The lowest BCUT2D eigenvalue weighted by atomic mass is 9.92. The normalized spacial score (nSPS) is 12.8. The van der Waals surface area contributed by atoms with Gasteiger partial charge in [0.1, 0.15) is 0 Å². The Morgan fingerprint density at radius 2 is 1.30 bits per heavy atom. The van der Waals surface area contributed by atoms with Gasteiger partial charge in [0.05, 0.1) is 5.92 Å². The maximum Gasteiger partial charge on any atom is 0.306 e. The summed E-state index contributed by atoms with van der Waals surface area (Å²) < 4.78 is 0. The molecule has 0 fully saturated rings. The zero-order chi connectivity index (χ0) is 15.2. The molecule has 0 aromatic carbocycles. The fourth-order valence-corrected chi connectivity index (χ4v) is 2.79. The van der Waals surface area contributed by atoms with Gasteiger partial charge in [-0.15, -0.1) is 0 Å². The lowest BCUT2D eigenvalue weighted by Gasteiger charge is -2.14. The van der Waals surface area contributed by atoms with Gasteiger partial charge in [-0.05, 0) is 18.8 Å².